The maximum Gasteiger partial charge on any atom is 0.371 e. The standard InChI is InChI=1S/C6H10O3/c1-3-5(2)9-6(8)4-7/h4-5H,3H2,1-2H3. The van der Waals surface area contributed by atoms with Crippen molar-refractivity contribution in [3.63, 3.8) is 0 Å². The fourth-order valence-electron chi connectivity index (χ4n) is 0.309. The van der Waals surface area contributed by atoms with Gasteiger partial charge in [-0.2, -0.15) is 0 Å². The van der Waals surface area contributed by atoms with E-state index in [1.165, 1.54) is 0 Å². The Morgan fingerprint density at radius 2 is 2.33 bits per heavy atom. The van der Waals surface area contributed by atoms with E-state index in [9.17, 15) is 9.59 Å². The summed E-state index contributed by atoms with van der Waals surface area (Å²) in [4.78, 5) is 19.9. The van der Waals surface area contributed by atoms with E-state index in [1.807, 2.05) is 6.92 Å². The van der Waals surface area contributed by atoms with Crippen LogP contribution in [0.1, 0.15) is 20.3 Å². The van der Waals surface area contributed by atoms with Crippen molar-refractivity contribution < 1.29 is 14.3 Å². The maximum atomic E-state index is 10.2. The Bertz CT molecular complexity index is 109. The van der Waals surface area contributed by atoms with Crippen LogP contribution in [0.3, 0.4) is 0 Å². The summed E-state index contributed by atoms with van der Waals surface area (Å²) in [5.74, 6) is -0.788. The van der Waals surface area contributed by atoms with Gasteiger partial charge in [0.1, 0.15) is 0 Å². The highest BCUT2D eigenvalue weighted by Gasteiger charge is 2.03. The Labute approximate surface area is 54.0 Å². The molecule has 0 spiro atoms. The molecule has 0 saturated heterocycles. The van der Waals surface area contributed by atoms with Crippen LogP contribution < -0.4 is 0 Å². The number of aldehydes is 1. The summed E-state index contributed by atoms with van der Waals surface area (Å²) in [6, 6.07) is 0. The number of carbonyl (C=O) groups excluding carboxylic acids is 2. The number of hydrogen-bond acceptors (Lipinski definition) is 3. The van der Waals surface area contributed by atoms with Gasteiger partial charge < -0.3 is 4.74 Å². The van der Waals surface area contributed by atoms with E-state index in [0.29, 0.717) is 0 Å². The molecule has 0 aliphatic carbocycles. The molecule has 0 fully saturated rings. The van der Waals surface area contributed by atoms with E-state index < -0.39 is 5.97 Å². The summed E-state index contributed by atoms with van der Waals surface area (Å²) >= 11 is 0. The first-order valence-corrected chi connectivity index (χ1v) is 2.86. The fourth-order valence-corrected chi connectivity index (χ4v) is 0.309. The smallest absolute Gasteiger partial charge is 0.371 e. The first-order valence-electron chi connectivity index (χ1n) is 2.86. The second-order valence-electron chi connectivity index (χ2n) is 1.77. The Hall–Kier alpha value is -0.860. The molecule has 0 bridgehead atoms. The molecule has 0 N–H and O–H groups in total. The van der Waals surface area contributed by atoms with Gasteiger partial charge in [0.25, 0.3) is 0 Å². The summed E-state index contributed by atoms with van der Waals surface area (Å²) in [5, 5.41) is 0. The van der Waals surface area contributed by atoms with E-state index in [4.69, 9.17) is 0 Å². The Morgan fingerprint density at radius 3 is 2.67 bits per heavy atom. The van der Waals surface area contributed by atoms with Crippen LogP contribution in [0.5, 0.6) is 0 Å². The van der Waals surface area contributed by atoms with Gasteiger partial charge in [-0.15, -0.1) is 0 Å². The molecule has 3 heteroatoms. The van der Waals surface area contributed by atoms with Crippen molar-refractivity contribution in [1.29, 1.82) is 0 Å². The molecule has 0 aromatic rings. The molecule has 1 atom stereocenters. The molecule has 3 nitrogen and oxygen atoms in total. The third-order valence-electron chi connectivity index (χ3n) is 0.988. The lowest BCUT2D eigenvalue weighted by molar-refractivity contribution is -0.152. The van der Waals surface area contributed by atoms with Gasteiger partial charge in [-0.3, -0.25) is 4.79 Å². The van der Waals surface area contributed by atoms with Gasteiger partial charge in [0.05, 0.1) is 6.10 Å². The van der Waals surface area contributed by atoms with Gasteiger partial charge in [0.15, 0.2) is 0 Å². The van der Waals surface area contributed by atoms with Crippen LogP contribution >= 0.6 is 0 Å². The van der Waals surface area contributed by atoms with Crippen molar-refractivity contribution in [2.45, 2.75) is 26.4 Å². The number of carbonyl (C=O) groups is 2. The van der Waals surface area contributed by atoms with Crippen molar-refractivity contribution in [2.75, 3.05) is 0 Å². The average Bonchev–Trinajstić information content (AvgIpc) is 1.87. The third-order valence-corrected chi connectivity index (χ3v) is 0.988. The quantitative estimate of drug-likeness (QED) is 0.318. The molecule has 0 amide bonds. The van der Waals surface area contributed by atoms with Crippen LogP contribution in [0, 0.1) is 0 Å². The molecule has 1 unspecified atom stereocenters. The number of rotatable bonds is 3. The molecule has 0 radical (unpaired) electrons. The molecule has 9 heavy (non-hydrogen) atoms. The summed E-state index contributed by atoms with van der Waals surface area (Å²) in [7, 11) is 0. The van der Waals surface area contributed by atoms with Crippen molar-refractivity contribution in [3.05, 3.63) is 0 Å². The van der Waals surface area contributed by atoms with Crippen LogP contribution in [0.4, 0.5) is 0 Å². The van der Waals surface area contributed by atoms with Gasteiger partial charge >= 0.3 is 5.97 Å². The second-order valence-corrected chi connectivity index (χ2v) is 1.77. The van der Waals surface area contributed by atoms with E-state index in [-0.39, 0.29) is 12.4 Å². The van der Waals surface area contributed by atoms with Crippen molar-refractivity contribution >= 4 is 12.3 Å². The van der Waals surface area contributed by atoms with Gasteiger partial charge in [-0.1, -0.05) is 6.92 Å². The second kappa shape index (κ2) is 4.06. The normalized spacial score (nSPS) is 12.2. The monoisotopic (exact) mass is 130 g/mol. The predicted octanol–water partition coefficient (Wildman–Crippen LogP) is 0.527. The average molecular weight is 130 g/mol. The summed E-state index contributed by atoms with van der Waals surface area (Å²) in [6.45, 7) is 3.62. The number of ether oxygens (including phenoxy) is 1. The SMILES string of the molecule is CCC(C)OC(=O)C=O. The Morgan fingerprint density at radius 1 is 1.78 bits per heavy atom. The van der Waals surface area contributed by atoms with E-state index in [2.05, 4.69) is 4.74 Å². The summed E-state index contributed by atoms with van der Waals surface area (Å²) in [6.07, 6.45) is 0.758. The van der Waals surface area contributed by atoms with Crippen LogP contribution in [0.15, 0.2) is 0 Å². The van der Waals surface area contributed by atoms with Crippen molar-refractivity contribution in [1.82, 2.24) is 0 Å². The van der Waals surface area contributed by atoms with E-state index in [1.54, 1.807) is 6.92 Å². The highest BCUT2D eigenvalue weighted by molar-refractivity contribution is 6.20. The van der Waals surface area contributed by atoms with Crippen molar-refractivity contribution in [2.24, 2.45) is 0 Å². The lowest BCUT2D eigenvalue weighted by Crippen LogP contribution is -2.14. The van der Waals surface area contributed by atoms with Crippen molar-refractivity contribution in [3.8, 4) is 0 Å². The van der Waals surface area contributed by atoms with Gasteiger partial charge in [0, 0.05) is 0 Å². The van der Waals surface area contributed by atoms with Gasteiger partial charge in [0.2, 0.25) is 6.29 Å². The zero-order valence-electron chi connectivity index (χ0n) is 5.59. The van der Waals surface area contributed by atoms with Crippen LogP contribution in [0.2, 0.25) is 0 Å². The summed E-state index contributed by atoms with van der Waals surface area (Å²) in [5.41, 5.74) is 0. The molecule has 0 aromatic heterocycles. The van der Waals surface area contributed by atoms with Gasteiger partial charge in [-0.05, 0) is 13.3 Å². The van der Waals surface area contributed by atoms with Crippen LogP contribution in [0.25, 0.3) is 0 Å². The van der Waals surface area contributed by atoms with E-state index >= 15 is 0 Å². The van der Waals surface area contributed by atoms with Gasteiger partial charge in [-0.25, -0.2) is 4.79 Å². The first kappa shape index (κ1) is 8.14. The number of esters is 1. The molecule has 0 aromatic carbocycles. The number of hydrogen-bond donors (Lipinski definition) is 0. The van der Waals surface area contributed by atoms with Crippen LogP contribution in [-0.4, -0.2) is 18.4 Å². The first-order chi connectivity index (χ1) is 4.20. The maximum absolute atomic E-state index is 10.2. The van der Waals surface area contributed by atoms with Crippen LogP contribution in [-0.2, 0) is 14.3 Å². The topological polar surface area (TPSA) is 43.4 Å². The molecule has 0 heterocycles. The lowest BCUT2D eigenvalue weighted by atomic mass is 10.3. The molecule has 0 aliphatic rings. The fraction of sp³-hybridized carbons (Fsp3) is 0.667. The zero-order chi connectivity index (χ0) is 7.28. The highest BCUT2D eigenvalue weighted by Crippen LogP contribution is 1.93. The van der Waals surface area contributed by atoms with E-state index in [0.717, 1.165) is 6.42 Å². The molecular weight excluding hydrogens is 120 g/mol. The Balaban J connectivity index is 3.46. The molecule has 52 valence electrons. The highest BCUT2D eigenvalue weighted by atomic mass is 16.5. The molecule has 0 rings (SSSR count). The third kappa shape index (κ3) is 3.70. The molecule has 0 saturated carbocycles. The minimum atomic E-state index is -0.788. The minimum Gasteiger partial charge on any atom is -0.457 e. The largest absolute Gasteiger partial charge is 0.457 e. The lowest BCUT2D eigenvalue weighted by Gasteiger charge is -2.05. The predicted molar refractivity (Wildman–Crippen MR) is 31.9 cm³/mol. The minimum absolute atomic E-state index is 0.150. The molecular formula is C6H10O3. The summed E-state index contributed by atoms with van der Waals surface area (Å²) < 4.78 is 4.54. The zero-order valence-corrected chi connectivity index (χ0v) is 5.59. The molecule has 0 aliphatic heterocycles. The Kier molecular flexibility index (Phi) is 3.67.